The average molecular weight is 716 g/mol. The van der Waals surface area contributed by atoms with Gasteiger partial charge in [-0.1, -0.05) is 182 Å². The normalized spacial score (nSPS) is 11.2. The summed E-state index contributed by atoms with van der Waals surface area (Å²) in [6.07, 6.45) is 0. The summed E-state index contributed by atoms with van der Waals surface area (Å²) in [5, 5.41) is 2.20. The predicted octanol–water partition coefficient (Wildman–Crippen LogP) is 15.4. The average Bonchev–Trinajstić information content (AvgIpc) is 3.66. The lowest BCUT2D eigenvalue weighted by molar-refractivity contribution is 0.669. The molecular weight excluding hydrogens is 679 g/mol. The summed E-state index contributed by atoms with van der Waals surface area (Å²) in [5.41, 5.74) is 16.9. The Morgan fingerprint density at radius 3 is 1.43 bits per heavy atom. The molecule has 1 aromatic heterocycles. The first-order valence-corrected chi connectivity index (χ1v) is 19.1. The molecule has 264 valence electrons. The third-order valence-corrected chi connectivity index (χ3v) is 10.7. The Labute approximate surface area is 327 Å². The molecule has 1 heterocycles. The van der Waals surface area contributed by atoms with Gasteiger partial charge in [0, 0.05) is 27.7 Å². The van der Waals surface area contributed by atoms with Crippen LogP contribution in [0.4, 0.5) is 17.1 Å². The number of hydrogen-bond acceptors (Lipinski definition) is 2. The third kappa shape index (κ3) is 6.04. The van der Waals surface area contributed by atoms with E-state index in [0.29, 0.717) is 0 Å². The molecular formula is C54H37NO. The van der Waals surface area contributed by atoms with Gasteiger partial charge in [0.15, 0.2) is 0 Å². The van der Waals surface area contributed by atoms with Crippen molar-refractivity contribution in [2.45, 2.75) is 0 Å². The lowest BCUT2D eigenvalue weighted by atomic mass is 9.84. The Bertz CT molecular complexity index is 2950. The summed E-state index contributed by atoms with van der Waals surface area (Å²) in [7, 11) is 0. The summed E-state index contributed by atoms with van der Waals surface area (Å²) >= 11 is 0. The van der Waals surface area contributed by atoms with Crippen molar-refractivity contribution in [1.82, 2.24) is 0 Å². The fraction of sp³-hybridized carbons (Fsp3) is 0. The zero-order valence-electron chi connectivity index (χ0n) is 30.7. The molecule has 0 saturated heterocycles. The van der Waals surface area contributed by atoms with E-state index in [4.69, 9.17) is 4.42 Å². The topological polar surface area (TPSA) is 16.4 Å². The fourth-order valence-electron chi connectivity index (χ4n) is 8.11. The molecule has 2 nitrogen and oxygen atoms in total. The molecule has 0 aliphatic carbocycles. The van der Waals surface area contributed by atoms with Crippen LogP contribution in [-0.4, -0.2) is 0 Å². The van der Waals surface area contributed by atoms with Crippen molar-refractivity contribution < 1.29 is 4.42 Å². The summed E-state index contributed by atoms with van der Waals surface area (Å²) in [6, 6.07) is 80.1. The fourth-order valence-corrected chi connectivity index (χ4v) is 8.11. The maximum Gasteiger partial charge on any atom is 0.135 e. The first-order valence-electron chi connectivity index (χ1n) is 19.1. The second-order valence-corrected chi connectivity index (χ2v) is 14.0. The minimum absolute atomic E-state index is 0.878. The van der Waals surface area contributed by atoms with E-state index in [1.54, 1.807) is 0 Å². The maximum absolute atomic E-state index is 6.26. The highest BCUT2D eigenvalue weighted by Crippen LogP contribution is 2.46. The van der Waals surface area contributed by atoms with E-state index < -0.39 is 0 Å². The highest BCUT2D eigenvalue weighted by molar-refractivity contribution is 6.07. The number of benzene rings is 9. The number of fused-ring (bicyclic) bond motifs is 3. The molecule has 0 saturated carbocycles. The second-order valence-electron chi connectivity index (χ2n) is 14.0. The van der Waals surface area contributed by atoms with Gasteiger partial charge in [0.1, 0.15) is 11.2 Å². The van der Waals surface area contributed by atoms with Crippen LogP contribution in [0.15, 0.2) is 229 Å². The van der Waals surface area contributed by atoms with E-state index in [1.807, 2.05) is 12.1 Å². The number of para-hydroxylation sites is 2. The zero-order valence-corrected chi connectivity index (χ0v) is 30.7. The van der Waals surface area contributed by atoms with E-state index in [9.17, 15) is 0 Å². The van der Waals surface area contributed by atoms with Crippen molar-refractivity contribution in [2.75, 3.05) is 4.90 Å². The van der Waals surface area contributed by atoms with E-state index in [0.717, 1.165) is 50.1 Å². The quantitative estimate of drug-likeness (QED) is 0.156. The number of furan rings is 1. The molecule has 0 atom stereocenters. The monoisotopic (exact) mass is 715 g/mol. The molecule has 0 amide bonds. The van der Waals surface area contributed by atoms with Crippen molar-refractivity contribution >= 4 is 39.0 Å². The highest BCUT2D eigenvalue weighted by Gasteiger charge is 2.21. The van der Waals surface area contributed by atoms with Gasteiger partial charge in [-0.15, -0.1) is 0 Å². The lowest BCUT2D eigenvalue weighted by Crippen LogP contribution is -2.11. The minimum atomic E-state index is 0.878. The Morgan fingerprint density at radius 1 is 0.286 bits per heavy atom. The van der Waals surface area contributed by atoms with Crippen molar-refractivity contribution in [2.24, 2.45) is 0 Å². The summed E-state index contributed by atoms with van der Waals surface area (Å²) in [4.78, 5) is 2.37. The molecule has 9 aromatic carbocycles. The highest BCUT2D eigenvalue weighted by atomic mass is 16.3. The van der Waals surface area contributed by atoms with E-state index in [-0.39, 0.29) is 0 Å². The molecule has 0 N–H and O–H groups in total. The largest absolute Gasteiger partial charge is 0.456 e. The van der Waals surface area contributed by atoms with Gasteiger partial charge in [0.2, 0.25) is 0 Å². The summed E-state index contributed by atoms with van der Waals surface area (Å²) < 4.78 is 6.26. The number of nitrogens with zero attached hydrogens (tertiary/aromatic N) is 1. The zero-order chi connectivity index (χ0) is 37.3. The van der Waals surface area contributed by atoms with Crippen LogP contribution in [0.25, 0.3) is 77.6 Å². The lowest BCUT2D eigenvalue weighted by Gasteiger charge is -2.28. The van der Waals surface area contributed by atoms with Crippen LogP contribution in [-0.2, 0) is 0 Å². The van der Waals surface area contributed by atoms with Crippen molar-refractivity contribution in [3.05, 3.63) is 224 Å². The Hall–Kier alpha value is -7.42. The predicted molar refractivity (Wildman–Crippen MR) is 236 cm³/mol. The summed E-state index contributed by atoms with van der Waals surface area (Å²) in [5.74, 6) is 0. The van der Waals surface area contributed by atoms with E-state index in [1.165, 1.54) is 44.5 Å². The first-order chi connectivity index (χ1) is 27.8. The van der Waals surface area contributed by atoms with Crippen LogP contribution in [0.5, 0.6) is 0 Å². The van der Waals surface area contributed by atoms with Gasteiger partial charge in [-0.05, 0) is 92.5 Å². The van der Waals surface area contributed by atoms with Crippen LogP contribution in [0.2, 0.25) is 0 Å². The van der Waals surface area contributed by atoms with Crippen molar-refractivity contribution in [3.63, 3.8) is 0 Å². The van der Waals surface area contributed by atoms with Gasteiger partial charge in [0.25, 0.3) is 0 Å². The van der Waals surface area contributed by atoms with Crippen molar-refractivity contribution in [3.8, 4) is 55.6 Å². The minimum Gasteiger partial charge on any atom is -0.456 e. The second kappa shape index (κ2) is 14.4. The van der Waals surface area contributed by atoms with Gasteiger partial charge in [-0.3, -0.25) is 0 Å². The molecule has 10 rings (SSSR count). The molecule has 0 aliphatic heterocycles. The molecule has 0 bridgehead atoms. The molecule has 0 spiro atoms. The van der Waals surface area contributed by atoms with E-state index in [2.05, 4.69) is 217 Å². The third-order valence-electron chi connectivity index (χ3n) is 10.7. The Balaban J connectivity index is 1.16. The van der Waals surface area contributed by atoms with Crippen molar-refractivity contribution in [1.29, 1.82) is 0 Å². The molecule has 0 aliphatic rings. The number of rotatable bonds is 8. The Morgan fingerprint density at radius 2 is 0.750 bits per heavy atom. The first kappa shape index (κ1) is 33.2. The number of anilines is 3. The van der Waals surface area contributed by atoms with Crippen LogP contribution in [0.1, 0.15) is 0 Å². The summed E-state index contributed by atoms with van der Waals surface area (Å²) in [6.45, 7) is 0. The van der Waals surface area contributed by atoms with Crippen LogP contribution < -0.4 is 4.90 Å². The molecule has 56 heavy (non-hydrogen) atoms. The van der Waals surface area contributed by atoms with Crippen LogP contribution >= 0.6 is 0 Å². The van der Waals surface area contributed by atoms with Gasteiger partial charge in [-0.2, -0.15) is 0 Å². The van der Waals surface area contributed by atoms with Crippen LogP contribution in [0.3, 0.4) is 0 Å². The van der Waals surface area contributed by atoms with Gasteiger partial charge >= 0.3 is 0 Å². The molecule has 10 aromatic rings. The number of hydrogen-bond donors (Lipinski definition) is 0. The van der Waals surface area contributed by atoms with Crippen LogP contribution in [0, 0.1) is 0 Å². The molecule has 0 fully saturated rings. The van der Waals surface area contributed by atoms with Gasteiger partial charge < -0.3 is 9.32 Å². The molecule has 0 unspecified atom stereocenters. The SMILES string of the molecule is c1ccc(-c2ccccc2-c2c(-c3ccccc3)cccc2-c2ccc(N(c3ccc4oc5ccccc5c4c3)c3ccccc3-c3ccccc3)cc2)cc1. The molecule has 2 heteroatoms. The maximum atomic E-state index is 6.26. The van der Waals surface area contributed by atoms with E-state index >= 15 is 0 Å². The van der Waals surface area contributed by atoms with Gasteiger partial charge in [0.05, 0.1) is 5.69 Å². The van der Waals surface area contributed by atoms with Gasteiger partial charge in [-0.25, -0.2) is 0 Å². The molecule has 0 radical (unpaired) electrons. The Kier molecular flexibility index (Phi) is 8.55. The standard InChI is InChI=1S/C54H37NO/c1-4-17-38(18-5-1)44-23-10-11-26-49(44)54-46(40-21-8-3-9-22-40)27-16-28-47(54)41-31-33-42(34-32-41)55(51-29-14-12-24-45(51)39-19-6-2-7-20-39)43-35-36-53-50(37-43)48-25-13-15-30-52(48)56-53/h1-37H. The smallest absolute Gasteiger partial charge is 0.135 e.